The van der Waals surface area contributed by atoms with E-state index in [1.807, 2.05) is 6.08 Å². The fraction of sp³-hybridized carbons (Fsp3) is 0.821. The Morgan fingerprint density at radius 3 is 1.70 bits per heavy atom. The number of carbonyl (C=O) groups is 1. The number of rotatable bonds is 10. The first kappa shape index (κ1) is 19.6. The SMILES string of the molecule is CC(C)CNC(=O)/C=C/[C@@H]1C[C@H]1[C@@H]1C[C@H]1[C@@H]1C[C@H]1[C@@H]1C[C@H]1[C@@H]1C[C@H]1/C=C/[C@@H]1C[C@H]1C. The maximum Gasteiger partial charge on any atom is 0.243 e. The minimum absolute atomic E-state index is 0.101. The van der Waals surface area contributed by atoms with Crippen molar-refractivity contribution in [2.75, 3.05) is 6.54 Å². The Morgan fingerprint density at radius 1 is 0.733 bits per heavy atom. The van der Waals surface area contributed by atoms with Crippen molar-refractivity contribution in [1.29, 1.82) is 0 Å². The highest BCUT2D eigenvalue weighted by molar-refractivity contribution is 5.87. The smallest absolute Gasteiger partial charge is 0.243 e. The molecule has 6 aliphatic carbocycles. The van der Waals surface area contributed by atoms with Gasteiger partial charge in [-0.2, -0.15) is 0 Å². The van der Waals surface area contributed by atoms with Crippen LogP contribution in [-0.4, -0.2) is 12.5 Å². The molecule has 0 aromatic heterocycles. The molecule has 12 atom stereocenters. The van der Waals surface area contributed by atoms with Crippen molar-refractivity contribution in [3.63, 3.8) is 0 Å². The molecular weight excluding hydrogens is 366 g/mol. The summed E-state index contributed by atoms with van der Waals surface area (Å²) in [5, 5.41) is 3.00. The average Bonchev–Trinajstić information content (AvgIpc) is 3.50. The molecule has 6 aliphatic rings. The van der Waals surface area contributed by atoms with Crippen LogP contribution in [0.3, 0.4) is 0 Å². The van der Waals surface area contributed by atoms with Gasteiger partial charge >= 0.3 is 0 Å². The maximum atomic E-state index is 11.9. The van der Waals surface area contributed by atoms with Crippen molar-refractivity contribution in [1.82, 2.24) is 5.32 Å². The predicted octanol–water partition coefficient (Wildman–Crippen LogP) is 5.71. The summed E-state index contributed by atoms with van der Waals surface area (Å²) in [6.07, 6.45) is 18.1. The monoisotopic (exact) mass is 407 g/mol. The zero-order chi connectivity index (χ0) is 20.6. The van der Waals surface area contributed by atoms with Crippen LogP contribution in [0.15, 0.2) is 24.3 Å². The molecule has 0 unspecified atom stereocenters. The van der Waals surface area contributed by atoms with Gasteiger partial charge in [-0.25, -0.2) is 0 Å². The van der Waals surface area contributed by atoms with Gasteiger partial charge in [-0.1, -0.05) is 39.0 Å². The first-order chi connectivity index (χ1) is 14.5. The zero-order valence-corrected chi connectivity index (χ0v) is 19.2. The average molecular weight is 408 g/mol. The predicted molar refractivity (Wildman–Crippen MR) is 121 cm³/mol. The van der Waals surface area contributed by atoms with Gasteiger partial charge < -0.3 is 5.32 Å². The second-order valence-corrected chi connectivity index (χ2v) is 12.6. The minimum atomic E-state index is 0.101. The van der Waals surface area contributed by atoms with E-state index in [9.17, 15) is 4.79 Å². The molecule has 1 amide bonds. The number of nitrogens with one attached hydrogen (secondary N) is 1. The summed E-state index contributed by atoms with van der Waals surface area (Å²) in [6.45, 7) is 7.45. The summed E-state index contributed by atoms with van der Waals surface area (Å²) in [4.78, 5) is 11.9. The highest BCUT2D eigenvalue weighted by atomic mass is 16.1. The Kier molecular flexibility index (Phi) is 4.74. The van der Waals surface area contributed by atoms with Gasteiger partial charge in [0.05, 0.1) is 0 Å². The Bertz CT molecular complexity index is 752. The van der Waals surface area contributed by atoms with Crippen molar-refractivity contribution >= 4 is 5.91 Å². The van der Waals surface area contributed by atoms with Crippen LogP contribution in [0.25, 0.3) is 0 Å². The van der Waals surface area contributed by atoms with Gasteiger partial charge in [0.1, 0.15) is 0 Å². The van der Waals surface area contributed by atoms with Crippen molar-refractivity contribution < 1.29 is 4.79 Å². The molecule has 0 radical (unpaired) electrons. The molecule has 0 bridgehead atoms. The molecule has 0 saturated heterocycles. The molecule has 6 saturated carbocycles. The van der Waals surface area contributed by atoms with E-state index in [-0.39, 0.29) is 5.91 Å². The Labute approximate surface area is 183 Å². The highest BCUT2D eigenvalue weighted by Crippen LogP contribution is 2.72. The molecule has 6 fully saturated rings. The molecule has 2 nitrogen and oxygen atoms in total. The molecule has 0 aliphatic heterocycles. The molecular formula is C28H41NO. The summed E-state index contributed by atoms with van der Waals surface area (Å²) in [7, 11) is 0. The molecule has 30 heavy (non-hydrogen) atoms. The van der Waals surface area contributed by atoms with Gasteiger partial charge in [-0.15, -0.1) is 0 Å². The van der Waals surface area contributed by atoms with E-state index in [0.29, 0.717) is 11.8 Å². The minimum Gasteiger partial charge on any atom is -0.352 e. The van der Waals surface area contributed by atoms with Crippen LogP contribution >= 0.6 is 0 Å². The van der Waals surface area contributed by atoms with Crippen molar-refractivity contribution in [2.24, 2.45) is 76.9 Å². The van der Waals surface area contributed by atoms with Crippen molar-refractivity contribution in [3.05, 3.63) is 24.3 Å². The molecule has 2 heteroatoms. The van der Waals surface area contributed by atoms with E-state index in [0.717, 1.165) is 71.6 Å². The van der Waals surface area contributed by atoms with Gasteiger partial charge in [0.15, 0.2) is 0 Å². The molecule has 1 N–H and O–H groups in total. The topological polar surface area (TPSA) is 29.1 Å². The van der Waals surface area contributed by atoms with Crippen LogP contribution in [0.1, 0.15) is 59.3 Å². The lowest BCUT2D eigenvalue weighted by Crippen LogP contribution is -2.25. The summed E-state index contributed by atoms with van der Waals surface area (Å²) in [6, 6.07) is 0. The molecule has 164 valence electrons. The van der Waals surface area contributed by atoms with Gasteiger partial charge in [-0.05, 0) is 122 Å². The molecule has 0 spiro atoms. The van der Waals surface area contributed by atoms with E-state index in [1.165, 1.54) is 25.7 Å². The largest absolute Gasteiger partial charge is 0.352 e. The molecule has 0 aromatic carbocycles. The summed E-state index contributed by atoms with van der Waals surface area (Å²) < 4.78 is 0. The zero-order valence-electron chi connectivity index (χ0n) is 19.2. The third-order valence-electron chi connectivity index (χ3n) is 9.61. The second kappa shape index (κ2) is 7.24. The normalized spacial score (nSPS) is 52.7. The standard InChI is InChI=1S/C28H41NO/c1-15(2)14-29-28(30)7-6-19-10-21(19)23-12-25(23)27-13-26(27)24-11-22(24)20-9-18(20)5-4-17-8-16(17)3/h4-7,15-27H,8-14H2,1-3H3,(H,29,30)/b5-4+,7-6+/t16-,17-,18-,19-,20-,21-,22+,23+,24-,25-,26+,27+/m1/s1. The number of carbonyl (C=O) groups excluding carboxylic acids is 1. The quantitative estimate of drug-likeness (QED) is 0.365. The van der Waals surface area contributed by atoms with Gasteiger partial charge in [0.25, 0.3) is 0 Å². The number of hydrogen-bond acceptors (Lipinski definition) is 1. The first-order valence-electron chi connectivity index (χ1n) is 13.1. The van der Waals surface area contributed by atoms with Crippen LogP contribution in [0.5, 0.6) is 0 Å². The lowest BCUT2D eigenvalue weighted by Gasteiger charge is -2.04. The third-order valence-corrected chi connectivity index (χ3v) is 9.61. The second-order valence-electron chi connectivity index (χ2n) is 12.6. The molecule has 6 rings (SSSR count). The maximum absolute atomic E-state index is 11.9. The van der Waals surface area contributed by atoms with Crippen molar-refractivity contribution in [2.45, 2.75) is 59.3 Å². The number of allylic oxidation sites excluding steroid dienone is 3. The van der Waals surface area contributed by atoms with E-state index in [2.05, 4.69) is 44.3 Å². The van der Waals surface area contributed by atoms with E-state index >= 15 is 0 Å². The van der Waals surface area contributed by atoms with Crippen LogP contribution in [0.4, 0.5) is 0 Å². The lowest BCUT2D eigenvalue weighted by atomic mass is 10.1. The third kappa shape index (κ3) is 4.17. The first-order valence-corrected chi connectivity index (χ1v) is 13.1. The van der Waals surface area contributed by atoms with Crippen molar-refractivity contribution in [3.8, 4) is 0 Å². The van der Waals surface area contributed by atoms with Gasteiger partial charge in [0, 0.05) is 6.54 Å². The number of hydrogen-bond donors (Lipinski definition) is 1. The summed E-state index contributed by atoms with van der Waals surface area (Å²) in [5.74, 6) is 12.6. The van der Waals surface area contributed by atoms with Crippen LogP contribution in [-0.2, 0) is 4.79 Å². The van der Waals surface area contributed by atoms with Gasteiger partial charge in [0.2, 0.25) is 5.91 Å². The number of amides is 1. The highest BCUT2D eigenvalue weighted by Gasteiger charge is 2.65. The molecule has 0 heterocycles. The Hall–Kier alpha value is -1.05. The van der Waals surface area contributed by atoms with Gasteiger partial charge in [-0.3, -0.25) is 4.79 Å². The van der Waals surface area contributed by atoms with Crippen LogP contribution in [0.2, 0.25) is 0 Å². The van der Waals surface area contributed by atoms with Crippen LogP contribution in [0, 0.1) is 76.9 Å². The van der Waals surface area contributed by atoms with E-state index < -0.39 is 0 Å². The fourth-order valence-electron chi connectivity index (χ4n) is 7.04. The summed E-state index contributed by atoms with van der Waals surface area (Å²) in [5.41, 5.74) is 0. The van der Waals surface area contributed by atoms with E-state index in [1.54, 1.807) is 12.8 Å². The van der Waals surface area contributed by atoms with Crippen LogP contribution < -0.4 is 5.32 Å². The molecule has 0 aromatic rings. The fourth-order valence-corrected chi connectivity index (χ4v) is 7.04. The Balaban J connectivity index is 0.891. The summed E-state index contributed by atoms with van der Waals surface area (Å²) >= 11 is 0. The Morgan fingerprint density at radius 2 is 1.20 bits per heavy atom. The van der Waals surface area contributed by atoms with E-state index in [4.69, 9.17) is 0 Å². The lowest BCUT2D eigenvalue weighted by molar-refractivity contribution is -0.116.